The molecule has 0 N–H and O–H groups in total. The average Bonchev–Trinajstić information content (AvgIpc) is 3.05. The first-order valence-corrected chi connectivity index (χ1v) is 9.40. The van der Waals surface area contributed by atoms with Crippen molar-refractivity contribution in [2.75, 3.05) is 7.05 Å². The van der Waals surface area contributed by atoms with E-state index in [0.717, 1.165) is 10.4 Å². The van der Waals surface area contributed by atoms with E-state index in [9.17, 15) is 12.8 Å². The fraction of sp³-hybridized carbons (Fsp3) is 0.176. The lowest BCUT2D eigenvalue weighted by Gasteiger charge is -2.15. The summed E-state index contributed by atoms with van der Waals surface area (Å²) in [5.41, 5.74) is 0.910. The molecule has 0 amide bonds. The maximum Gasteiger partial charge on any atom is 0.243 e. The lowest BCUT2D eigenvalue weighted by molar-refractivity contribution is 0.336. The second-order valence-electron chi connectivity index (χ2n) is 5.69. The van der Waals surface area contributed by atoms with Gasteiger partial charge in [-0.25, -0.2) is 12.8 Å². The Morgan fingerprint density at radius 2 is 2.00 bits per heavy atom. The Balaban J connectivity index is 1.81. The van der Waals surface area contributed by atoms with Crippen LogP contribution in [0.3, 0.4) is 0 Å². The number of nitrogens with zero attached hydrogens (tertiary/aromatic N) is 3. The van der Waals surface area contributed by atoms with Gasteiger partial charge in [0.05, 0.1) is 11.4 Å². The number of hydrogen-bond acceptors (Lipinski definition) is 5. The molecule has 1 aromatic heterocycles. The molecule has 0 fully saturated rings. The molecule has 0 saturated carbocycles. The molecule has 0 radical (unpaired) electrons. The van der Waals surface area contributed by atoms with Gasteiger partial charge < -0.3 is 4.52 Å². The standard InChI is InChI=1S/C17H15ClFN3O3S/c1-11-8-14(6-7-15(11)19)26(23,24)22(2)10-16-20-17(21-25-16)12-4-3-5-13(18)9-12/h3-9H,10H2,1-2H3. The number of rotatable bonds is 5. The second kappa shape index (κ2) is 7.14. The molecular formula is C17H15ClFN3O3S. The molecule has 0 aliphatic heterocycles. The zero-order valence-corrected chi connectivity index (χ0v) is 15.6. The Morgan fingerprint density at radius 1 is 1.23 bits per heavy atom. The molecule has 0 saturated heterocycles. The molecule has 3 aromatic rings. The van der Waals surface area contributed by atoms with Crippen molar-refractivity contribution in [2.45, 2.75) is 18.4 Å². The number of sulfonamides is 1. The number of aryl methyl sites for hydroxylation is 1. The van der Waals surface area contributed by atoms with Crippen LogP contribution in [-0.2, 0) is 16.6 Å². The van der Waals surface area contributed by atoms with Crippen molar-refractivity contribution < 1.29 is 17.3 Å². The average molecular weight is 396 g/mol. The summed E-state index contributed by atoms with van der Waals surface area (Å²) in [5, 5.41) is 4.37. The molecule has 6 nitrogen and oxygen atoms in total. The van der Waals surface area contributed by atoms with Crippen molar-refractivity contribution >= 4 is 21.6 Å². The first-order valence-electron chi connectivity index (χ1n) is 7.58. The molecule has 1 heterocycles. The molecule has 0 aliphatic carbocycles. The molecule has 26 heavy (non-hydrogen) atoms. The highest BCUT2D eigenvalue weighted by atomic mass is 35.5. The minimum Gasteiger partial charge on any atom is -0.338 e. The minimum absolute atomic E-state index is 0.00604. The fourth-order valence-corrected chi connectivity index (χ4v) is 3.69. The van der Waals surface area contributed by atoms with Crippen LogP contribution < -0.4 is 0 Å². The molecule has 0 unspecified atom stereocenters. The predicted molar refractivity (Wildman–Crippen MR) is 94.5 cm³/mol. The number of hydrogen-bond donors (Lipinski definition) is 0. The molecule has 3 rings (SSSR count). The zero-order valence-electron chi connectivity index (χ0n) is 14.0. The maximum atomic E-state index is 13.4. The van der Waals surface area contributed by atoms with Crippen molar-refractivity contribution in [1.29, 1.82) is 0 Å². The Kier molecular flexibility index (Phi) is 5.08. The third-order valence-corrected chi connectivity index (χ3v) is 5.78. The lowest BCUT2D eigenvalue weighted by atomic mass is 10.2. The Hall–Kier alpha value is -2.29. The molecule has 2 aromatic carbocycles. The third kappa shape index (κ3) is 3.77. The van der Waals surface area contributed by atoms with Gasteiger partial charge in [0.15, 0.2) is 0 Å². The van der Waals surface area contributed by atoms with Gasteiger partial charge in [-0.2, -0.15) is 9.29 Å². The summed E-state index contributed by atoms with van der Waals surface area (Å²) in [7, 11) is -2.43. The Labute approximate surface area is 155 Å². The van der Waals surface area contributed by atoms with Gasteiger partial charge in [0.25, 0.3) is 0 Å². The van der Waals surface area contributed by atoms with Gasteiger partial charge in [-0.05, 0) is 42.8 Å². The summed E-state index contributed by atoms with van der Waals surface area (Å²) in [5.74, 6) is -0.0227. The topological polar surface area (TPSA) is 76.3 Å². The normalized spacial score (nSPS) is 11.9. The monoisotopic (exact) mass is 395 g/mol. The summed E-state index contributed by atoms with van der Waals surface area (Å²) in [6.45, 7) is 1.38. The van der Waals surface area contributed by atoms with Crippen LogP contribution in [0.4, 0.5) is 4.39 Å². The van der Waals surface area contributed by atoms with Gasteiger partial charge >= 0.3 is 0 Å². The van der Waals surface area contributed by atoms with E-state index < -0.39 is 15.8 Å². The molecule has 136 valence electrons. The highest BCUT2D eigenvalue weighted by Gasteiger charge is 2.24. The minimum atomic E-state index is -3.82. The van der Waals surface area contributed by atoms with Crippen LogP contribution in [0.15, 0.2) is 51.9 Å². The van der Waals surface area contributed by atoms with Gasteiger partial charge in [-0.3, -0.25) is 0 Å². The molecule has 0 atom stereocenters. The maximum absolute atomic E-state index is 13.4. The van der Waals surface area contributed by atoms with Crippen molar-refractivity contribution in [3.05, 3.63) is 64.8 Å². The van der Waals surface area contributed by atoms with Crippen molar-refractivity contribution in [3.63, 3.8) is 0 Å². The number of halogens is 2. The van der Waals surface area contributed by atoms with Gasteiger partial charge in [-0.15, -0.1) is 0 Å². The SMILES string of the molecule is Cc1cc(S(=O)(=O)N(C)Cc2nc(-c3cccc(Cl)c3)no2)ccc1F. The molecule has 9 heteroatoms. The van der Waals surface area contributed by atoms with Gasteiger partial charge in [-0.1, -0.05) is 28.9 Å². The van der Waals surface area contributed by atoms with E-state index in [1.54, 1.807) is 24.3 Å². The van der Waals surface area contributed by atoms with Crippen molar-refractivity contribution in [3.8, 4) is 11.4 Å². The van der Waals surface area contributed by atoms with E-state index in [0.29, 0.717) is 16.4 Å². The van der Waals surface area contributed by atoms with Crippen molar-refractivity contribution in [1.82, 2.24) is 14.4 Å². The molecule has 0 aliphatic rings. The van der Waals surface area contributed by atoms with Gasteiger partial charge in [0, 0.05) is 17.6 Å². The third-order valence-electron chi connectivity index (χ3n) is 3.75. The van der Waals surface area contributed by atoms with Crippen LogP contribution in [0, 0.1) is 12.7 Å². The van der Waals surface area contributed by atoms with Crippen LogP contribution in [0.2, 0.25) is 5.02 Å². The van der Waals surface area contributed by atoms with E-state index >= 15 is 0 Å². The van der Waals surface area contributed by atoms with Gasteiger partial charge in [0.2, 0.25) is 21.7 Å². The van der Waals surface area contributed by atoms with Crippen LogP contribution >= 0.6 is 11.6 Å². The second-order valence-corrected chi connectivity index (χ2v) is 8.18. The quantitative estimate of drug-likeness (QED) is 0.659. The first-order chi connectivity index (χ1) is 12.3. The lowest BCUT2D eigenvalue weighted by Crippen LogP contribution is -2.26. The molecule has 0 spiro atoms. The Morgan fingerprint density at radius 3 is 2.69 bits per heavy atom. The first kappa shape index (κ1) is 18.5. The van der Waals surface area contributed by atoms with Crippen LogP contribution in [0.5, 0.6) is 0 Å². The van der Waals surface area contributed by atoms with Gasteiger partial charge in [0.1, 0.15) is 5.82 Å². The highest BCUT2D eigenvalue weighted by Crippen LogP contribution is 2.22. The summed E-state index contributed by atoms with van der Waals surface area (Å²) in [6.07, 6.45) is 0. The largest absolute Gasteiger partial charge is 0.338 e. The summed E-state index contributed by atoms with van der Waals surface area (Å²) in [6, 6.07) is 10.5. The summed E-state index contributed by atoms with van der Waals surface area (Å²) in [4.78, 5) is 4.19. The van der Waals surface area contributed by atoms with Crippen LogP contribution in [0.1, 0.15) is 11.5 Å². The smallest absolute Gasteiger partial charge is 0.243 e. The van der Waals surface area contributed by atoms with E-state index in [-0.39, 0.29) is 22.9 Å². The number of benzene rings is 2. The Bertz CT molecular complexity index is 1050. The zero-order chi connectivity index (χ0) is 18.9. The molecular weight excluding hydrogens is 381 g/mol. The van der Waals surface area contributed by atoms with E-state index in [2.05, 4.69) is 10.1 Å². The molecule has 0 bridgehead atoms. The van der Waals surface area contributed by atoms with Crippen LogP contribution in [0.25, 0.3) is 11.4 Å². The summed E-state index contributed by atoms with van der Waals surface area (Å²) >= 11 is 5.94. The van der Waals surface area contributed by atoms with Crippen molar-refractivity contribution in [2.24, 2.45) is 0 Å². The number of aromatic nitrogens is 2. The fourth-order valence-electron chi connectivity index (χ4n) is 2.30. The van der Waals surface area contributed by atoms with E-state index in [1.165, 1.54) is 26.1 Å². The van der Waals surface area contributed by atoms with E-state index in [1.807, 2.05) is 0 Å². The highest BCUT2D eigenvalue weighted by molar-refractivity contribution is 7.89. The summed E-state index contributed by atoms with van der Waals surface area (Å²) < 4.78 is 44.8. The van der Waals surface area contributed by atoms with Crippen LogP contribution in [-0.4, -0.2) is 29.9 Å². The van der Waals surface area contributed by atoms with E-state index in [4.69, 9.17) is 16.1 Å². The predicted octanol–water partition coefficient (Wildman–Crippen LogP) is 3.66.